The smallest absolute Gasteiger partial charge is 0.294 e. The summed E-state index contributed by atoms with van der Waals surface area (Å²) in [5.41, 5.74) is 1.51. The summed E-state index contributed by atoms with van der Waals surface area (Å²) < 4.78 is 30.6. The third-order valence-electron chi connectivity index (χ3n) is 8.03. The largest absolute Gasteiger partial charge is 0.344 e. The van der Waals surface area contributed by atoms with Gasteiger partial charge in [-0.2, -0.15) is 5.10 Å². The minimum absolute atomic E-state index is 0.0868. The molecule has 1 unspecified atom stereocenters. The number of carbonyl (C=O) groups excluding carboxylic acids is 4. The molecule has 1 atom stereocenters. The van der Waals surface area contributed by atoms with Gasteiger partial charge in [0, 0.05) is 50.3 Å². The van der Waals surface area contributed by atoms with E-state index in [0.717, 1.165) is 0 Å². The molecule has 1 aliphatic rings. The van der Waals surface area contributed by atoms with E-state index in [9.17, 15) is 28.0 Å². The molecule has 12 heteroatoms. The molecule has 4 rings (SSSR count). The molecule has 3 aromatic rings. The summed E-state index contributed by atoms with van der Waals surface area (Å²) in [4.78, 5) is 54.4. The highest BCUT2D eigenvalue weighted by atomic mass is 19.1. The van der Waals surface area contributed by atoms with Gasteiger partial charge in [0.2, 0.25) is 0 Å². The molecule has 2 N–H and O–H groups in total. The minimum atomic E-state index is -1.39. The number of ketones is 1. The molecule has 0 radical (unpaired) electrons. The summed E-state index contributed by atoms with van der Waals surface area (Å²) in [5.74, 6) is -2.80. The predicted octanol–water partition coefficient (Wildman–Crippen LogP) is 4.10. The van der Waals surface area contributed by atoms with Crippen LogP contribution in [0.2, 0.25) is 0 Å². The average molecular weight is 583 g/mol. The molecule has 0 bridgehead atoms. The van der Waals surface area contributed by atoms with Gasteiger partial charge in [-0.15, -0.1) is 0 Å². The number of anilines is 1. The molecule has 0 spiro atoms. The second-order valence-electron chi connectivity index (χ2n) is 11.3. The van der Waals surface area contributed by atoms with E-state index < -0.39 is 29.3 Å². The summed E-state index contributed by atoms with van der Waals surface area (Å²) in [6.45, 7) is 8.61. The van der Waals surface area contributed by atoms with Gasteiger partial charge in [-0.1, -0.05) is 0 Å². The number of hydrogen-bond acceptors (Lipinski definition) is 5. The van der Waals surface area contributed by atoms with E-state index in [1.165, 1.54) is 40.6 Å². The van der Waals surface area contributed by atoms with Gasteiger partial charge in [-0.05, 0) is 76.8 Å². The normalized spacial score (nSPS) is 15.3. The third-order valence-corrected chi connectivity index (χ3v) is 8.03. The van der Waals surface area contributed by atoms with Crippen LogP contribution in [0.4, 0.5) is 14.5 Å². The number of carbonyl (C=O) groups is 4. The summed E-state index contributed by atoms with van der Waals surface area (Å²) in [6.07, 6.45) is 0.873. The Morgan fingerprint density at radius 1 is 1.07 bits per heavy atom. The molecule has 2 aromatic heterocycles. The second kappa shape index (κ2) is 11.5. The van der Waals surface area contributed by atoms with Crippen molar-refractivity contribution in [3.63, 3.8) is 0 Å². The van der Waals surface area contributed by atoms with Crippen LogP contribution in [0.5, 0.6) is 0 Å². The number of benzene rings is 1. The van der Waals surface area contributed by atoms with E-state index >= 15 is 0 Å². The van der Waals surface area contributed by atoms with Gasteiger partial charge in [-0.3, -0.25) is 23.9 Å². The summed E-state index contributed by atoms with van der Waals surface area (Å²) in [7, 11) is 3.23. The molecule has 224 valence electrons. The van der Waals surface area contributed by atoms with Crippen LogP contribution in [-0.2, 0) is 18.9 Å². The minimum Gasteiger partial charge on any atom is -0.344 e. The Hall–Kier alpha value is -4.35. The van der Waals surface area contributed by atoms with Gasteiger partial charge in [0.15, 0.2) is 0 Å². The van der Waals surface area contributed by atoms with Crippen LogP contribution in [0.1, 0.15) is 86.6 Å². The lowest BCUT2D eigenvalue weighted by Gasteiger charge is -2.39. The SMILES string of the molecule is Cc1cc(NC(=O)c2c(C)c(C(=O)C(=O)NC3(C)CCN(C(=O)c4cn(C)nc4C(C)F)CC3)n(C)c2C)ccc1F. The van der Waals surface area contributed by atoms with Crippen molar-refractivity contribution in [2.45, 2.75) is 59.2 Å². The fourth-order valence-corrected chi connectivity index (χ4v) is 5.45. The molecule has 0 saturated carbocycles. The van der Waals surface area contributed by atoms with Gasteiger partial charge < -0.3 is 20.1 Å². The van der Waals surface area contributed by atoms with Crippen molar-refractivity contribution in [3.8, 4) is 0 Å². The Morgan fingerprint density at radius 2 is 1.71 bits per heavy atom. The lowest BCUT2D eigenvalue weighted by atomic mass is 9.89. The van der Waals surface area contributed by atoms with Gasteiger partial charge in [0.1, 0.15) is 17.7 Å². The molecule has 0 aliphatic carbocycles. The number of Topliss-reactive ketones (excluding diaryl/α,β-unsaturated/α-hetero) is 1. The first-order chi connectivity index (χ1) is 19.6. The number of alkyl halides is 1. The van der Waals surface area contributed by atoms with Crippen molar-refractivity contribution in [2.24, 2.45) is 14.1 Å². The Bertz CT molecular complexity index is 1580. The zero-order valence-electron chi connectivity index (χ0n) is 24.9. The Kier molecular flexibility index (Phi) is 8.38. The molecule has 1 saturated heterocycles. The number of nitrogens with one attached hydrogen (secondary N) is 2. The molecule has 1 fully saturated rings. The Labute approximate surface area is 243 Å². The summed E-state index contributed by atoms with van der Waals surface area (Å²) in [5, 5.41) is 9.63. The number of amides is 3. The standard InChI is InChI=1S/C30H36F2N6O4/c1-16-14-20(8-9-22(16)32)33-27(40)23-17(2)25(37(7)19(23)4)26(39)28(41)34-30(5)10-12-38(13-11-30)29(42)21-15-36(6)35-24(21)18(3)31/h8-9,14-15,18H,10-13H2,1-7H3,(H,33,40)(H,34,41). The van der Waals surface area contributed by atoms with Crippen LogP contribution in [-0.4, -0.2) is 61.4 Å². The van der Waals surface area contributed by atoms with Gasteiger partial charge >= 0.3 is 0 Å². The van der Waals surface area contributed by atoms with E-state index in [4.69, 9.17) is 0 Å². The zero-order chi connectivity index (χ0) is 31.1. The fraction of sp³-hybridized carbons (Fsp3) is 0.433. The van der Waals surface area contributed by atoms with Crippen molar-refractivity contribution in [1.29, 1.82) is 0 Å². The highest BCUT2D eigenvalue weighted by molar-refractivity contribution is 6.43. The second-order valence-corrected chi connectivity index (χ2v) is 11.3. The van der Waals surface area contributed by atoms with Crippen LogP contribution < -0.4 is 10.6 Å². The number of likely N-dealkylation sites (tertiary alicyclic amines) is 1. The highest BCUT2D eigenvalue weighted by Crippen LogP contribution is 2.27. The predicted molar refractivity (Wildman–Crippen MR) is 153 cm³/mol. The van der Waals surface area contributed by atoms with Crippen LogP contribution >= 0.6 is 0 Å². The fourth-order valence-electron chi connectivity index (χ4n) is 5.45. The van der Waals surface area contributed by atoms with E-state index in [-0.39, 0.29) is 34.2 Å². The average Bonchev–Trinajstić information content (AvgIpc) is 3.42. The molecule has 3 amide bonds. The summed E-state index contributed by atoms with van der Waals surface area (Å²) >= 11 is 0. The third kappa shape index (κ3) is 5.83. The van der Waals surface area contributed by atoms with Gasteiger partial charge in [0.05, 0.1) is 16.8 Å². The number of nitrogens with zero attached hydrogens (tertiary/aromatic N) is 4. The summed E-state index contributed by atoms with van der Waals surface area (Å²) in [6, 6.07) is 4.22. The van der Waals surface area contributed by atoms with Gasteiger partial charge in [-0.25, -0.2) is 8.78 Å². The monoisotopic (exact) mass is 582 g/mol. The van der Waals surface area contributed by atoms with Crippen molar-refractivity contribution in [1.82, 2.24) is 24.6 Å². The Balaban J connectivity index is 1.45. The van der Waals surface area contributed by atoms with Crippen molar-refractivity contribution in [2.75, 3.05) is 18.4 Å². The lowest BCUT2D eigenvalue weighted by molar-refractivity contribution is -0.119. The molecule has 1 aliphatic heterocycles. The number of aromatic nitrogens is 3. The quantitative estimate of drug-likeness (QED) is 0.321. The van der Waals surface area contributed by atoms with Crippen LogP contribution in [0.3, 0.4) is 0 Å². The zero-order valence-corrected chi connectivity index (χ0v) is 24.9. The van der Waals surface area contributed by atoms with Gasteiger partial charge in [0.25, 0.3) is 23.5 Å². The number of halogens is 2. The van der Waals surface area contributed by atoms with Crippen molar-refractivity contribution < 1.29 is 28.0 Å². The molecule has 42 heavy (non-hydrogen) atoms. The molecule has 10 nitrogen and oxygen atoms in total. The first-order valence-electron chi connectivity index (χ1n) is 13.7. The van der Waals surface area contributed by atoms with E-state index in [1.807, 2.05) is 6.92 Å². The molecular weight excluding hydrogens is 546 g/mol. The first-order valence-corrected chi connectivity index (χ1v) is 13.7. The van der Waals surface area contributed by atoms with Crippen LogP contribution in [0, 0.1) is 26.6 Å². The number of aryl methyl sites for hydroxylation is 2. The Morgan fingerprint density at radius 3 is 2.31 bits per heavy atom. The molecule has 3 heterocycles. The van der Waals surface area contributed by atoms with Crippen LogP contribution in [0.15, 0.2) is 24.4 Å². The number of hydrogen-bond donors (Lipinski definition) is 2. The first kappa shape index (κ1) is 30.6. The maximum atomic E-state index is 14.0. The topological polar surface area (TPSA) is 118 Å². The van der Waals surface area contributed by atoms with E-state index in [2.05, 4.69) is 15.7 Å². The number of rotatable bonds is 7. The number of piperidine rings is 1. The molecular formula is C30H36F2N6O4. The maximum absolute atomic E-state index is 14.0. The van der Waals surface area contributed by atoms with E-state index in [1.54, 1.807) is 39.8 Å². The highest BCUT2D eigenvalue weighted by Gasteiger charge is 2.37. The molecule has 1 aromatic carbocycles. The lowest BCUT2D eigenvalue weighted by Crippen LogP contribution is -2.55. The van der Waals surface area contributed by atoms with Crippen molar-refractivity contribution in [3.05, 3.63) is 69.5 Å². The maximum Gasteiger partial charge on any atom is 0.294 e. The van der Waals surface area contributed by atoms with Crippen molar-refractivity contribution >= 4 is 29.2 Å². The van der Waals surface area contributed by atoms with E-state index in [0.29, 0.717) is 48.4 Å². The van der Waals surface area contributed by atoms with Crippen LogP contribution in [0.25, 0.3) is 0 Å².